The summed E-state index contributed by atoms with van der Waals surface area (Å²) < 4.78 is 6.40. The lowest BCUT2D eigenvalue weighted by Gasteiger charge is -2.46. The molecule has 1 fully saturated rings. The van der Waals surface area contributed by atoms with Gasteiger partial charge >= 0.3 is 0 Å². The van der Waals surface area contributed by atoms with Crippen molar-refractivity contribution in [1.82, 2.24) is 4.90 Å². The molecule has 2 aliphatic heterocycles. The van der Waals surface area contributed by atoms with Crippen LogP contribution < -0.4 is 4.74 Å². The van der Waals surface area contributed by atoms with Gasteiger partial charge in [-0.3, -0.25) is 0 Å². The zero-order valence-electron chi connectivity index (χ0n) is 15.6. The first-order valence-corrected chi connectivity index (χ1v) is 9.96. The molecule has 0 unspecified atom stereocenters. The predicted molar refractivity (Wildman–Crippen MR) is 106 cm³/mol. The molecule has 1 spiro atoms. The molecule has 0 saturated carbocycles. The Morgan fingerprint density at radius 3 is 2.63 bits per heavy atom. The summed E-state index contributed by atoms with van der Waals surface area (Å²) in [6, 6.07) is 13.5. The van der Waals surface area contributed by atoms with E-state index in [4.69, 9.17) is 16.3 Å². The number of piperidine rings is 1. The number of β-amino-alcohol motifs (C(OH)–C–C–N with tert-alkyl or cyclic N) is 1. The van der Waals surface area contributed by atoms with Crippen LogP contribution in [0.5, 0.6) is 5.75 Å². The topological polar surface area (TPSA) is 52.9 Å². The smallest absolute Gasteiger partial charge is 0.126 e. The van der Waals surface area contributed by atoms with Gasteiger partial charge in [-0.25, -0.2) is 0 Å². The molecule has 4 rings (SSSR count). The summed E-state index contributed by atoms with van der Waals surface area (Å²) in [5.41, 5.74) is 2.37. The number of rotatable bonds is 3. The number of benzene rings is 2. The molecule has 144 valence electrons. The molecule has 2 aliphatic rings. The van der Waals surface area contributed by atoms with Crippen LogP contribution in [0.4, 0.5) is 0 Å². The summed E-state index contributed by atoms with van der Waals surface area (Å²) in [5, 5.41) is 21.8. The van der Waals surface area contributed by atoms with Gasteiger partial charge in [0.15, 0.2) is 0 Å². The van der Waals surface area contributed by atoms with Crippen molar-refractivity contribution in [2.45, 2.75) is 44.0 Å². The fourth-order valence-electron chi connectivity index (χ4n) is 4.23. The van der Waals surface area contributed by atoms with Gasteiger partial charge in [-0.15, -0.1) is 0 Å². The number of likely N-dealkylation sites (tertiary alicyclic amines) is 1. The van der Waals surface area contributed by atoms with Crippen LogP contribution in [0, 0.1) is 6.92 Å². The van der Waals surface area contributed by atoms with Crippen LogP contribution in [0.15, 0.2) is 42.5 Å². The standard InChI is InChI=1S/C22H26ClNO3/c1-15-11-21-17(12-18(15)23)19(25)13-22(27-21)7-9-24(10-8-22)14-20(26)16-5-3-2-4-6-16/h2-6,11-12,19-20,25-26H,7-10,13-14H2,1H3/t19-,20+/m1/s1. The molecule has 0 amide bonds. The van der Waals surface area contributed by atoms with Gasteiger partial charge in [0.25, 0.3) is 0 Å². The lowest BCUT2D eigenvalue weighted by atomic mass is 9.81. The lowest BCUT2D eigenvalue weighted by Crippen LogP contribution is -2.51. The molecule has 2 aromatic carbocycles. The molecular formula is C22H26ClNO3. The molecule has 2 atom stereocenters. The molecule has 0 bridgehead atoms. The van der Waals surface area contributed by atoms with Crippen LogP contribution in [0.3, 0.4) is 0 Å². The monoisotopic (exact) mass is 387 g/mol. The molecule has 1 saturated heterocycles. The van der Waals surface area contributed by atoms with Crippen molar-refractivity contribution in [3.8, 4) is 5.75 Å². The number of hydrogen-bond donors (Lipinski definition) is 2. The summed E-state index contributed by atoms with van der Waals surface area (Å²) in [6.07, 6.45) is 1.24. The van der Waals surface area contributed by atoms with E-state index in [9.17, 15) is 10.2 Å². The van der Waals surface area contributed by atoms with Gasteiger partial charge in [0.1, 0.15) is 11.4 Å². The second-order valence-corrected chi connectivity index (χ2v) is 8.28. The zero-order chi connectivity index (χ0) is 19.0. The normalized spacial score (nSPS) is 22.9. The second kappa shape index (κ2) is 7.44. The van der Waals surface area contributed by atoms with E-state index in [1.54, 1.807) is 0 Å². The Labute approximate surface area is 165 Å². The molecule has 0 aromatic heterocycles. The fourth-order valence-corrected chi connectivity index (χ4v) is 4.40. The van der Waals surface area contributed by atoms with Crippen molar-refractivity contribution >= 4 is 11.6 Å². The first kappa shape index (κ1) is 18.8. The van der Waals surface area contributed by atoms with Crippen molar-refractivity contribution in [3.63, 3.8) is 0 Å². The lowest BCUT2D eigenvalue weighted by molar-refractivity contribution is -0.0588. The Hall–Kier alpha value is -1.59. The molecule has 0 radical (unpaired) electrons. The number of hydrogen-bond acceptors (Lipinski definition) is 4. The van der Waals surface area contributed by atoms with Crippen molar-refractivity contribution in [2.24, 2.45) is 0 Å². The van der Waals surface area contributed by atoms with Crippen LogP contribution in [0.25, 0.3) is 0 Å². The summed E-state index contributed by atoms with van der Waals surface area (Å²) in [5.74, 6) is 0.758. The zero-order valence-corrected chi connectivity index (χ0v) is 16.3. The number of aryl methyl sites for hydroxylation is 1. The van der Waals surface area contributed by atoms with Crippen LogP contribution in [-0.2, 0) is 0 Å². The molecule has 27 heavy (non-hydrogen) atoms. The van der Waals surface area contributed by atoms with Crippen LogP contribution in [0.2, 0.25) is 5.02 Å². The van der Waals surface area contributed by atoms with E-state index in [2.05, 4.69) is 4.90 Å². The van der Waals surface area contributed by atoms with Gasteiger partial charge < -0.3 is 19.8 Å². The van der Waals surface area contributed by atoms with Gasteiger partial charge in [0.2, 0.25) is 0 Å². The van der Waals surface area contributed by atoms with E-state index in [-0.39, 0.29) is 5.60 Å². The fraction of sp³-hybridized carbons (Fsp3) is 0.455. The van der Waals surface area contributed by atoms with Gasteiger partial charge in [-0.2, -0.15) is 0 Å². The van der Waals surface area contributed by atoms with E-state index < -0.39 is 12.2 Å². The minimum absolute atomic E-state index is 0.332. The highest BCUT2D eigenvalue weighted by Gasteiger charge is 2.43. The largest absolute Gasteiger partial charge is 0.487 e. The van der Waals surface area contributed by atoms with Gasteiger partial charge in [-0.1, -0.05) is 41.9 Å². The average Bonchev–Trinajstić information content (AvgIpc) is 2.66. The van der Waals surface area contributed by atoms with Crippen molar-refractivity contribution in [1.29, 1.82) is 0 Å². The summed E-state index contributed by atoms with van der Waals surface area (Å²) in [6.45, 7) is 4.26. The summed E-state index contributed by atoms with van der Waals surface area (Å²) in [7, 11) is 0. The molecule has 2 aromatic rings. The molecule has 2 heterocycles. The van der Waals surface area contributed by atoms with Gasteiger partial charge in [0.05, 0.1) is 12.2 Å². The third-order valence-electron chi connectivity index (χ3n) is 5.92. The Morgan fingerprint density at radius 1 is 1.22 bits per heavy atom. The van der Waals surface area contributed by atoms with Gasteiger partial charge in [0, 0.05) is 36.6 Å². The Balaban J connectivity index is 1.42. The number of ether oxygens (including phenoxy) is 1. The van der Waals surface area contributed by atoms with E-state index in [1.165, 1.54) is 0 Å². The van der Waals surface area contributed by atoms with E-state index in [0.29, 0.717) is 18.0 Å². The molecule has 5 heteroatoms. The van der Waals surface area contributed by atoms with Crippen LogP contribution in [0.1, 0.15) is 48.2 Å². The summed E-state index contributed by atoms with van der Waals surface area (Å²) in [4.78, 5) is 2.28. The Kier molecular flexibility index (Phi) is 5.17. The molecule has 2 N–H and O–H groups in total. The third kappa shape index (κ3) is 3.85. The van der Waals surface area contributed by atoms with Crippen LogP contribution >= 0.6 is 11.6 Å². The minimum atomic E-state index is -0.548. The highest BCUT2D eigenvalue weighted by molar-refractivity contribution is 6.31. The maximum Gasteiger partial charge on any atom is 0.126 e. The first-order chi connectivity index (χ1) is 13.0. The number of nitrogens with zero attached hydrogens (tertiary/aromatic N) is 1. The van der Waals surface area contributed by atoms with Crippen molar-refractivity contribution in [2.75, 3.05) is 19.6 Å². The van der Waals surface area contributed by atoms with Crippen LogP contribution in [-0.4, -0.2) is 40.3 Å². The average molecular weight is 388 g/mol. The number of aliphatic hydroxyl groups excluding tert-OH is 2. The molecular weight excluding hydrogens is 362 g/mol. The predicted octanol–water partition coefficient (Wildman–Crippen LogP) is 4.03. The number of fused-ring (bicyclic) bond motifs is 1. The molecule has 4 nitrogen and oxygen atoms in total. The van der Waals surface area contributed by atoms with E-state index in [0.717, 1.165) is 48.4 Å². The number of aliphatic hydroxyl groups is 2. The second-order valence-electron chi connectivity index (χ2n) is 7.87. The van der Waals surface area contributed by atoms with Crippen molar-refractivity contribution < 1.29 is 14.9 Å². The highest BCUT2D eigenvalue weighted by Crippen LogP contribution is 2.45. The quantitative estimate of drug-likeness (QED) is 0.834. The Bertz CT molecular complexity index is 803. The highest BCUT2D eigenvalue weighted by atomic mass is 35.5. The maximum atomic E-state index is 10.7. The number of halogens is 1. The van der Waals surface area contributed by atoms with E-state index in [1.807, 2.05) is 49.4 Å². The van der Waals surface area contributed by atoms with Crippen molar-refractivity contribution in [3.05, 3.63) is 64.2 Å². The Morgan fingerprint density at radius 2 is 1.93 bits per heavy atom. The SMILES string of the molecule is Cc1cc2c(cc1Cl)[C@H](O)CC1(CCN(C[C@H](O)c3ccccc3)CC1)O2. The van der Waals surface area contributed by atoms with E-state index >= 15 is 0 Å². The minimum Gasteiger partial charge on any atom is -0.487 e. The maximum absolute atomic E-state index is 10.7. The van der Waals surface area contributed by atoms with Gasteiger partial charge in [-0.05, 0) is 43.0 Å². The third-order valence-corrected chi connectivity index (χ3v) is 6.33. The first-order valence-electron chi connectivity index (χ1n) is 9.58. The molecule has 0 aliphatic carbocycles. The summed E-state index contributed by atoms with van der Waals surface area (Å²) >= 11 is 6.21.